The van der Waals surface area contributed by atoms with Crippen LogP contribution in [0.15, 0.2) is 51.0 Å². The number of hydrogen-bond acceptors (Lipinski definition) is 5. The first-order valence-electron chi connectivity index (χ1n) is 9.30. The molecule has 0 radical (unpaired) electrons. The van der Waals surface area contributed by atoms with Crippen molar-refractivity contribution in [3.63, 3.8) is 0 Å². The normalized spacial score (nSPS) is 15.2. The molecule has 2 N–H and O–H groups in total. The quantitative estimate of drug-likeness (QED) is 0.251. The predicted molar refractivity (Wildman–Crippen MR) is 131 cm³/mol. The Morgan fingerprint density at radius 3 is 2.52 bits per heavy atom. The Morgan fingerprint density at radius 2 is 1.90 bits per heavy atom. The van der Waals surface area contributed by atoms with Gasteiger partial charge in [0.15, 0.2) is 5.96 Å². The average molecular weight is 550 g/mol. The summed E-state index contributed by atoms with van der Waals surface area (Å²) in [6.45, 7) is 6.49. The van der Waals surface area contributed by atoms with Gasteiger partial charge in [0.25, 0.3) is 0 Å². The summed E-state index contributed by atoms with van der Waals surface area (Å²) < 4.78 is 27.2. The lowest BCUT2D eigenvalue weighted by molar-refractivity contribution is 0.373. The summed E-state index contributed by atoms with van der Waals surface area (Å²) in [5.41, 5.74) is 2.52. The van der Waals surface area contributed by atoms with Crippen LogP contribution in [0.3, 0.4) is 0 Å². The third-order valence-corrected chi connectivity index (χ3v) is 7.48. The van der Waals surface area contributed by atoms with Crippen molar-refractivity contribution in [2.45, 2.75) is 11.1 Å². The predicted octanol–water partition coefficient (Wildman–Crippen LogP) is 2.35. The summed E-state index contributed by atoms with van der Waals surface area (Å²) in [5.74, 6) is 0.805. The Bertz CT molecular complexity index is 895. The highest BCUT2D eigenvalue weighted by atomic mass is 127. The second-order valence-electron chi connectivity index (χ2n) is 6.62. The fourth-order valence-electron chi connectivity index (χ4n) is 3.18. The fourth-order valence-corrected chi connectivity index (χ4v) is 5.25. The number of guanidine groups is 1. The van der Waals surface area contributed by atoms with Crippen LogP contribution < -0.4 is 14.9 Å². The van der Waals surface area contributed by atoms with Crippen LogP contribution in [0.4, 0.5) is 5.69 Å². The lowest BCUT2D eigenvalue weighted by Gasteiger charge is -2.37. The van der Waals surface area contributed by atoms with E-state index in [9.17, 15) is 8.42 Å². The SMILES string of the molecule is CN=C(NCCNS(=O)(=O)c1cccs1)N1CCN(c2cccc(C)c2)CC1.I. The highest BCUT2D eigenvalue weighted by molar-refractivity contribution is 14.0. The first kappa shape index (κ1) is 23.9. The van der Waals surface area contributed by atoms with Gasteiger partial charge in [0.05, 0.1) is 0 Å². The van der Waals surface area contributed by atoms with Gasteiger partial charge in [0.1, 0.15) is 4.21 Å². The number of nitrogens with zero attached hydrogens (tertiary/aromatic N) is 3. The van der Waals surface area contributed by atoms with Gasteiger partial charge in [-0.1, -0.05) is 18.2 Å². The molecule has 1 aromatic heterocycles. The van der Waals surface area contributed by atoms with E-state index in [0.717, 1.165) is 32.1 Å². The van der Waals surface area contributed by atoms with Crippen molar-refractivity contribution in [3.8, 4) is 0 Å². The molecule has 10 heteroatoms. The van der Waals surface area contributed by atoms with E-state index in [1.54, 1.807) is 24.6 Å². The second-order valence-corrected chi connectivity index (χ2v) is 9.56. The molecule has 0 spiro atoms. The van der Waals surface area contributed by atoms with Crippen molar-refractivity contribution in [3.05, 3.63) is 47.3 Å². The molecule has 160 valence electrons. The molecule has 29 heavy (non-hydrogen) atoms. The smallest absolute Gasteiger partial charge is 0.250 e. The zero-order chi connectivity index (χ0) is 20.0. The number of benzene rings is 1. The van der Waals surface area contributed by atoms with Crippen molar-refractivity contribution in [2.24, 2.45) is 4.99 Å². The summed E-state index contributed by atoms with van der Waals surface area (Å²) in [7, 11) is -1.66. The molecule has 0 aliphatic carbocycles. The third kappa shape index (κ3) is 6.56. The molecule has 0 saturated carbocycles. The Balaban J connectivity index is 0.00000300. The number of aryl methyl sites for hydroxylation is 1. The van der Waals surface area contributed by atoms with Crippen molar-refractivity contribution < 1.29 is 8.42 Å². The van der Waals surface area contributed by atoms with Crippen LogP contribution in [0, 0.1) is 6.92 Å². The standard InChI is InChI=1S/C19H27N5O2S2.HI/c1-16-5-3-6-17(15-16)23-10-12-24(13-11-23)19(20-2)21-8-9-22-28(25,26)18-7-4-14-27-18;/h3-7,14-15,22H,8-13H2,1-2H3,(H,20,21);1H. The van der Waals surface area contributed by atoms with E-state index in [-0.39, 0.29) is 24.0 Å². The number of piperazine rings is 1. The van der Waals surface area contributed by atoms with Gasteiger partial charge >= 0.3 is 0 Å². The third-order valence-electron chi connectivity index (χ3n) is 4.62. The topological polar surface area (TPSA) is 77.0 Å². The van der Waals surface area contributed by atoms with Gasteiger partial charge in [0.2, 0.25) is 10.0 Å². The molecule has 1 aromatic carbocycles. The Hall–Kier alpha value is -1.37. The number of nitrogens with one attached hydrogen (secondary N) is 2. The lowest BCUT2D eigenvalue weighted by Crippen LogP contribution is -2.53. The van der Waals surface area contributed by atoms with Crippen LogP contribution in [-0.2, 0) is 10.0 Å². The van der Waals surface area contributed by atoms with Gasteiger partial charge in [-0.25, -0.2) is 13.1 Å². The van der Waals surface area contributed by atoms with Crippen LogP contribution >= 0.6 is 35.3 Å². The molecule has 7 nitrogen and oxygen atoms in total. The zero-order valence-corrected chi connectivity index (χ0v) is 20.6. The van der Waals surface area contributed by atoms with Crippen molar-refractivity contribution in [2.75, 3.05) is 51.2 Å². The van der Waals surface area contributed by atoms with Crippen LogP contribution in [-0.4, -0.2) is 65.6 Å². The number of halogens is 1. The molecule has 1 aliphatic heterocycles. The summed E-state index contributed by atoms with van der Waals surface area (Å²) >= 11 is 1.21. The summed E-state index contributed by atoms with van der Waals surface area (Å²) in [4.78, 5) is 8.93. The monoisotopic (exact) mass is 549 g/mol. The van der Waals surface area contributed by atoms with Crippen LogP contribution in [0.1, 0.15) is 5.56 Å². The first-order chi connectivity index (χ1) is 13.5. The van der Waals surface area contributed by atoms with Gasteiger partial charge in [-0.2, -0.15) is 0 Å². The van der Waals surface area contributed by atoms with Gasteiger partial charge in [0, 0.05) is 52.0 Å². The number of sulfonamides is 1. The molecule has 2 heterocycles. The zero-order valence-electron chi connectivity index (χ0n) is 16.7. The van der Waals surface area contributed by atoms with Crippen molar-refractivity contribution >= 4 is 57.0 Å². The van der Waals surface area contributed by atoms with Crippen molar-refractivity contribution in [1.29, 1.82) is 0 Å². The van der Waals surface area contributed by atoms with E-state index in [1.165, 1.54) is 22.6 Å². The number of thiophene rings is 1. The van der Waals surface area contributed by atoms with Gasteiger partial charge < -0.3 is 15.1 Å². The van der Waals surface area contributed by atoms with Crippen LogP contribution in [0.25, 0.3) is 0 Å². The largest absolute Gasteiger partial charge is 0.368 e. The highest BCUT2D eigenvalue weighted by Gasteiger charge is 2.20. The number of aliphatic imine (C=N–C) groups is 1. The number of rotatable bonds is 6. The van der Waals surface area contributed by atoms with E-state index in [4.69, 9.17) is 0 Å². The van der Waals surface area contributed by atoms with Gasteiger partial charge in [-0.3, -0.25) is 4.99 Å². The molecule has 2 aromatic rings. The molecular formula is C19H28IN5O2S2. The molecule has 1 aliphatic rings. The lowest BCUT2D eigenvalue weighted by atomic mass is 10.2. The molecule has 3 rings (SSSR count). The first-order valence-corrected chi connectivity index (χ1v) is 11.7. The van der Waals surface area contributed by atoms with E-state index in [0.29, 0.717) is 17.3 Å². The van der Waals surface area contributed by atoms with Crippen molar-refractivity contribution in [1.82, 2.24) is 14.9 Å². The maximum absolute atomic E-state index is 12.1. The maximum atomic E-state index is 12.1. The number of hydrogen-bond donors (Lipinski definition) is 2. The second kappa shape index (κ2) is 11.1. The van der Waals surface area contributed by atoms with E-state index in [1.807, 2.05) is 0 Å². The highest BCUT2D eigenvalue weighted by Crippen LogP contribution is 2.18. The average Bonchev–Trinajstić information content (AvgIpc) is 3.24. The van der Waals surface area contributed by atoms with E-state index >= 15 is 0 Å². The van der Waals surface area contributed by atoms with E-state index < -0.39 is 10.0 Å². The Morgan fingerprint density at radius 1 is 1.14 bits per heavy atom. The molecular weight excluding hydrogens is 521 g/mol. The minimum Gasteiger partial charge on any atom is -0.368 e. The molecule has 0 atom stereocenters. The summed E-state index contributed by atoms with van der Waals surface area (Å²) in [5, 5.41) is 5.01. The van der Waals surface area contributed by atoms with Crippen LogP contribution in [0.5, 0.6) is 0 Å². The number of anilines is 1. The summed E-state index contributed by atoms with van der Waals surface area (Å²) in [6.07, 6.45) is 0. The van der Waals surface area contributed by atoms with Gasteiger partial charge in [-0.05, 0) is 36.1 Å². The molecule has 1 fully saturated rings. The fraction of sp³-hybridized carbons (Fsp3) is 0.421. The Labute approximate surface area is 194 Å². The van der Waals surface area contributed by atoms with Crippen LogP contribution in [0.2, 0.25) is 0 Å². The Kier molecular flexibility index (Phi) is 9.18. The minimum atomic E-state index is -3.42. The molecule has 1 saturated heterocycles. The van der Waals surface area contributed by atoms with E-state index in [2.05, 4.69) is 56.0 Å². The van der Waals surface area contributed by atoms with Gasteiger partial charge in [-0.15, -0.1) is 35.3 Å². The minimum absolute atomic E-state index is 0. The molecule has 0 bridgehead atoms. The maximum Gasteiger partial charge on any atom is 0.250 e. The molecule has 0 amide bonds. The summed E-state index contributed by atoms with van der Waals surface area (Å²) in [6, 6.07) is 11.9. The molecule has 0 unspecified atom stereocenters.